The molecule has 192 valence electrons. The van der Waals surface area contributed by atoms with Crippen LogP contribution in [0.2, 0.25) is 0 Å². The Hall–Kier alpha value is -3.72. The molecule has 0 aliphatic carbocycles. The number of rotatable bonds is 9. The third-order valence-corrected chi connectivity index (χ3v) is 6.35. The van der Waals surface area contributed by atoms with Gasteiger partial charge in [0.1, 0.15) is 23.7 Å². The Balaban J connectivity index is 1.97. The van der Waals surface area contributed by atoms with Crippen molar-refractivity contribution >= 4 is 11.9 Å². The number of carboxylic acid groups (broad SMARTS) is 1. The van der Waals surface area contributed by atoms with E-state index in [2.05, 4.69) is 10.4 Å². The van der Waals surface area contributed by atoms with E-state index in [1.807, 2.05) is 39.8 Å². The van der Waals surface area contributed by atoms with E-state index in [9.17, 15) is 24.2 Å². The normalized spacial score (nSPS) is 14.1. The van der Waals surface area contributed by atoms with Crippen molar-refractivity contribution in [1.82, 2.24) is 15.1 Å². The number of aliphatic carboxylic acids is 1. The van der Waals surface area contributed by atoms with Crippen LogP contribution in [0.1, 0.15) is 61.8 Å². The molecule has 0 aliphatic heterocycles. The molecule has 0 saturated carbocycles. The molecule has 1 unspecified atom stereocenters. The minimum atomic E-state index is -1.24. The van der Waals surface area contributed by atoms with Crippen LogP contribution in [-0.4, -0.2) is 44.1 Å². The molecule has 3 rings (SSSR count). The van der Waals surface area contributed by atoms with Gasteiger partial charge >= 0.3 is 5.97 Å². The quantitative estimate of drug-likeness (QED) is 0.403. The summed E-state index contributed by atoms with van der Waals surface area (Å²) < 4.78 is 21.6. The molecule has 9 heteroatoms. The van der Waals surface area contributed by atoms with Gasteiger partial charge in [-0.2, -0.15) is 9.78 Å². The van der Waals surface area contributed by atoms with Crippen molar-refractivity contribution < 1.29 is 28.9 Å². The summed E-state index contributed by atoms with van der Waals surface area (Å²) in [7, 11) is 0. The van der Waals surface area contributed by atoms with Gasteiger partial charge in [-0.1, -0.05) is 57.2 Å². The first kappa shape index (κ1) is 26.9. The average molecular weight is 498 g/mol. The maximum atomic E-state index is 14.6. The second-order valence-electron chi connectivity index (χ2n) is 10.0. The molecule has 0 aliphatic rings. The molecule has 2 atom stereocenters. The van der Waals surface area contributed by atoms with E-state index >= 15 is 0 Å². The van der Waals surface area contributed by atoms with Crippen LogP contribution in [0, 0.1) is 18.2 Å². The lowest BCUT2D eigenvalue weighted by Gasteiger charge is -2.36. The zero-order valence-corrected chi connectivity index (χ0v) is 21.1. The second-order valence-corrected chi connectivity index (χ2v) is 10.0. The number of carbonyl (C=O) groups is 2. The van der Waals surface area contributed by atoms with Crippen LogP contribution >= 0.6 is 0 Å². The number of aromatic nitrogens is 2. The van der Waals surface area contributed by atoms with Gasteiger partial charge in [0.05, 0.1) is 12.5 Å². The van der Waals surface area contributed by atoms with E-state index < -0.39 is 34.8 Å². The van der Waals surface area contributed by atoms with Gasteiger partial charge < -0.3 is 20.3 Å². The van der Waals surface area contributed by atoms with Crippen LogP contribution in [0.3, 0.4) is 0 Å². The topological polar surface area (TPSA) is 114 Å². The molecule has 1 aromatic heterocycles. The summed E-state index contributed by atoms with van der Waals surface area (Å²) in [6.07, 6.45) is -0.331. The monoisotopic (exact) mass is 497 g/mol. The summed E-state index contributed by atoms with van der Waals surface area (Å²) in [5.41, 5.74) is -0.297. The summed E-state index contributed by atoms with van der Waals surface area (Å²) in [5.74, 6) is -2.25. The Morgan fingerprint density at radius 2 is 1.75 bits per heavy atom. The first-order chi connectivity index (χ1) is 16.8. The smallest absolute Gasteiger partial charge is 0.305 e. The number of amides is 1. The van der Waals surface area contributed by atoms with Crippen molar-refractivity contribution in [2.75, 3.05) is 6.61 Å². The number of benzene rings is 2. The maximum Gasteiger partial charge on any atom is 0.305 e. The predicted octanol–water partition coefficient (Wildman–Crippen LogP) is 4.44. The molecule has 2 aromatic carbocycles. The number of halogens is 1. The average Bonchev–Trinajstić information content (AvgIpc) is 3.21. The number of aliphatic hydroxyl groups is 1. The number of carboxylic acids is 1. The molecule has 1 amide bonds. The van der Waals surface area contributed by atoms with Crippen molar-refractivity contribution in [3.63, 3.8) is 0 Å². The number of carbonyl (C=O) groups excluding carboxylic acids is 1. The highest BCUT2D eigenvalue weighted by atomic mass is 19.1. The van der Waals surface area contributed by atoms with Crippen molar-refractivity contribution in [1.29, 1.82) is 0 Å². The third kappa shape index (κ3) is 6.09. The van der Waals surface area contributed by atoms with Gasteiger partial charge in [0.15, 0.2) is 5.69 Å². The zero-order chi connectivity index (χ0) is 26.7. The molecular weight excluding hydrogens is 465 g/mol. The Labute approximate surface area is 209 Å². The largest absolute Gasteiger partial charge is 0.481 e. The zero-order valence-electron chi connectivity index (χ0n) is 21.1. The predicted molar refractivity (Wildman–Crippen MR) is 133 cm³/mol. The second kappa shape index (κ2) is 10.5. The van der Waals surface area contributed by atoms with E-state index in [4.69, 9.17) is 4.74 Å². The van der Waals surface area contributed by atoms with Crippen LogP contribution in [0.5, 0.6) is 5.88 Å². The van der Waals surface area contributed by atoms with Crippen molar-refractivity contribution in [3.05, 3.63) is 77.2 Å². The SMILES string of the molecule is Cc1ccccc1C(CC(=O)O)NC(=O)c1cc(OC[C@@](C)(O)C(C)(C)C)n(-c2ccccc2F)n1. The highest BCUT2D eigenvalue weighted by Gasteiger charge is 2.36. The van der Waals surface area contributed by atoms with Crippen LogP contribution in [0.15, 0.2) is 54.6 Å². The van der Waals surface area contributed by atoms with Gasteiger partial charge in [-0.3, -0.25) is 9.59 Å². The third-order valence-electron chi connectivity index (χ3n) is 6.35. The van der Waals surface area contributed by atoms with E-state index in [0.29, 0.717) is 5.56 Å². The molecule has 0 fully saturated rings. The van der Waals surface area contributed by atoms with E-state index in [1.54, 1.807) is 25.1 Å². The van der Waals surface area contributed by atoms with Crippen molar-refractivity contribution in [3.8, 4) is 11.6 Å². The van der Waals surface area contributed by atoms with Gasteiger partial charge in [0.2, 0.25) is 5.88 Å². The van der Waals surface area contributed by atoms with E-state index in [-0.39, 0.29) is 30.3 Å². The van der Waals surface area contributed by atoms with E-state index in [0.717, 1.165) is 10.2 Å². The fourth-order valence-corrected chi connectivity index (χ4v) is 3.43. The molecule has 1 heterocycles. The Kier molecular flexibility index (Phi) is 7.83. The lowest BCUT2D eigenvalue weighted by molar-refractivity contribution is -0.137. The summed E-state index contributed by atoms with van der Waals surface area (Å²) in [5, 5.41) is 27.2. The van der Waals surface area contributed by atoms with Crippen molar-refractivity contribution in [2.24, 2.45) is 5.41 Å². The van der Waals surface area contributed by atoms with Gasteiger partial charge in [-0.15, -0.1) is 0 Å². The first-order valence-corrected chi connectivity index (χ1v) is 11.6. The summed E-state index contributed by atoms with van der Waals surface area (Å²) in [4.78, 5) is 24.7. The minimum absolute atomic E-state index is 0.0560. The fraction of sp³-hybridized carbons (Fsp3) is 0.370. The Morgan fingerprint density at radius 3 is 2.36 bits per heavy atom. The van der Waals surface area contributed by atoms with Crippen LogP contribution < -0.4 is 10.1 Å². The fourth-order valence-electron chi connectivity index (χ4n) is 3.43. The lowest BCUT2D eigenvalue weighted by atomic mass is 9.78. The number of nitrogens with zero attached hydrogens (tertiary/aromatic N) is 2. The van der Waals surface area contributed by atoms with Gasteiger partial charge in [-0.05, 0) is 42.5 Å². The molecule has 36 heavy (non-hydrogen) atoms. The molecule has 3 aromatic rings. The molecule has 8 nitrogen and oxygen atoms in total. The number of ether oxygens (including phenoxy) is 1. The van der Waals surface area contributed by atoms with Gasteiger partial charge in [0, 0.05) is 6.07 Å². The summed E-state index contributed by atoms with van der Waals surface area (Å²) >= 11 is 0. The van der Waals surface area contributed by atoms with Crippen molar-refractivity contribution in [2.45, 2.75) is 52.7 Å². The number of para-hydroxylation sites is 1. The van der Waals surface area contributed by atoms with Gasteiger partial charge in [-0.25, -0.2) is 4.39 Å². The molecular formula is C27H32FN3O5. The highest BCUT2D eigenvalue weighted by Crippen LogP contribution is 2.31. The number of aryl methyl sites for hydroxylation is 1. The van der Waals surface area contributed by atoms with Gasteiger partial charge in [0.25, 0.3) is 5.91 Å². The van der Waals surface area contributed by atoms with Crippen LogP contribution in [0.25, 0.3) is 5.69 Å². The summed E-state index contributed by atoms with van der Waals surface area (Å²) in [6.45, 7) is 8.90. The first-order valence-electron chi connectivity index (χ1n) is 11.6. The summed E-state index contributed by atoms with van der Waals surface area (Å²) in [6, 6.07) is 13.6. The standard InChI is InChI=1S/C27H32FN3O5/c1-17-10-6-7-11-18(17)20(15-24(32)33)29-25(34)21-14-23(36-16-27(5,35)26(2,3)4)31(30-21)22-13-9-8-12-19(22)28/h6-14,20,35H,15-16H2,1-5H3,(H,29,34)(H,32,33)/t20?,27-/m1/s1. The number of hydrogen-bond acceptors (Lipinski definition) is 5. The van der Waals surface area contributed by atoms with Crippen LogP contribution in [0.4, 0.5) is 4.39 Å². The minimum Gasteiger partial charge on any atom is -0.481 e. The molecule has 0 bridgehead atoms. The lowest BCUT2D eigenvalue weighted by Crippen LogP contribution is -2.45. The Morgan fingerprint density at radius 1 is 1.11 bits per heavy atom. The van der Waals surface area contributed by atoms with Crippen LogP contribution in [-0.2, 0) is 4.79 Å². The Bertz CT molecular complexity index is 1250. The molecule has 3 N–H and O–H groups in total. The maximum absolute atomic E-state index is 14.6. The molecule has 0 saturated heterocycles. The van der Waals surface area contributed by atoms with E-state index in [1.165, 1.54) is 24.3 Å². The molecule has 0 spiro atoms. The number of nitrogens with one attached hydrogen (secondary N) is 1. The molecule has 0 radical (unpaired) electrons. The number of hydrogen-bond donors (Lipinski definition) is 3. The highest BCUT2D eigenvalue weighted by molar-refractivity contribution is 5.93.